The number of nitrogens with zero attached hydrogens (tertiary/aromatic N) is 3. The Balaban J connectivity index is 1.72. The van der Waals surface area contributed by atoms with E-state index in [1.807, 2.05) is 0 Å². The Kier molecular flexibility index (Phi) is 4.32. The Bertz CT molecular complexity index is 859. The lowest BCUT2D eigenvalue weighted by Crippen LogP contribution is -2.30. The molecule has 3 aromatic rings. The number of hydrogen-bond acceptors (Lipinski definition) is 2. The van der Waals surface area contributed by atoms with Gasteiger partial charge in [-0.15, -0.1) is 5.10 Å². The summed E-state index contributed by atoms with van der Waals surface area (Å²) in [6.45, 7) is 7.05. The Morgan fingerprint density at radius 2 is 1.84 bits per heavy atom. The largest absolute Gasteiger partial charge is 0.249 e. The summed E-state index contributed by atoms with van der Waals surface area (Å²) in [5.74, 6) is 2.14. The summed E-state index contributed by atoms with van der Waals surface area (Å²) >= 11 is 0. The molecule has 1 aromatic heterocycles. The predicted molar refractivity (Wildman–Crippen MR) is 103 cm³/mol. The minimum absolute atomic E-state index is 0.472. The third-order valence-electron chi connectivity index (χ3n) is 5.90. The van der Waals surface area contributed by atoms with Gasteiger partial charge in [-0.1, -0.05) is 74.9 Å². The van der Waals surface area contributed by atoms with Gasteiger partial charge in [-0.25, -0.2) is 4.68 Å². The molecule has 130 valence electrons. The molecule has 1 aliphatic carbocycles. The summed E-state index contributed by atoms with van der Waals surface area (Å²) < 4.78 is 2.15. The fourth-order valence-electron chi connectivity index (χ4n) is 4.47. The zero-order valence-corrected chi connectivity index (χ0v) is 15.4. The lowest BCUT2D eigenvalue weighted by molar-refractivity contribution is 0.137. The standard InChI is InChI=1S/C22H27N3/c1-15(2)18-12-11-16(3)13-22(18)25-14-21(23-24-25)20-10-6-8-17-7-4-5-9-19(17)20/h4-10,14-16,18,22H,11-13H2,1-3H3/t16-,18+,22-/m1/s1. The summed E-state index contributed by atoms with van der Waals surface area (Å²) in [5.41, 5.74) is 2.16. The Morgan fingerprint density at radius 3 is 2.68 bits per heavy atom. The van der Waals surface area contributed by atoms with E-state index in [2.05, 4.69) is 84.4 Å². The molecule has 0 saturated heterocycles. The summed E-state index contributed by atoms with van der Waals surface area (Å²) in [7, 11) is 0. The second-order valence-corrected chi connectivity index (χ2v) is 8.00. The highest BCUT2D eigenvalue weighted by Gasteiger charge is 2.32. The van der Waals surface area contributed by atoms with Crippen molar-refractivity contribution >= 4 is 10.8 Å². The van der Waals surface area contributed by atoms with Crippen molar-refractivity contribution in [1.29, 1.82) is 0 Å². The van der Waals surface area contributed by atoms with E-state index >= 15 is 0 Å². The van der Waals surface area contributed by atoms with Gasteiger partial charge in [0.15, 0.2) is 0 Å². The van der Waals surface area contributed by atoms with Crippen LogP contribution in [0.15, 0.2) is 48.7 Å². The summed E-state index contributed by atoms with van der Waals surface area (Å²) in [6, 6.07) is 15.4. The van der Waals surface area contributed by atoms with Crippen LogP contribution in [0.2, 0.25) is 0 Å². The fourth-order valence-corrected chi connectivity index (χ4v) is 4.47. The molecule has 25 heavy (non-hydrogen) atoms. The highest BCUT2D eigenvalue weighted by molar-refractivity contribution is 5.95. The molecule has 0 spiro atoms. The monoisotopic (exact) mass is 333 g/mol. The lowest BCUT2D eigenvalue weighted by Gasteiger charge is -2.37. The lowest BCUT2D eigenvalue weighted by atomic mass is 9.74. The Morgan fingerprint density at radius 1 is 1.04 bits per heavy atom. The molecule has 3 nitrogen and oxygen atoms in total. The first kappa shape index (κ1) is 16.3. The normalized spacial score (nSPS) is 24.1. The van der Waals surface area contributed by atoms with Crippen LogP contribution in [-0.4, -0.2) is 15.0 Å². The third kappa shape index (κ3) is 3.08. The highest BCUT2D eigenvalue weighted by atomic mass is 15.4. The van der Waals surface area contributed by atoms with Crippen LogP contribution >= 0.6 is 0 Å². The van der Waals surface area contributed by atoms with Crippen LogP contribution in [0.4, 0.5) is 0 Å². The van der Waals surface area contributed by atoms with Crippen molar-refractivity contribution in [1.82, 2.24) is 15.0 Å². The van der Waals surface area contributed by atoms with Gasteiger partial charge < -0.3 is 0 Å². The molecule has 1 aliphatic rings. The first-order valence-corrected chi connectivity index (χ1v) is 9.53. The Hall–Kier alpha value is -2.16. The maximum absolute atomic E-state index is 4.56. The van der Waals surface area contributed by atoms with E-state index in [9.17, 15) is 0 Å². The predicted octanol–water partition coefficient (Wildman–Crippen LogP) is 5.73. The van der Waals surface area contributed by atoms with Gasteiger partial charge in [-0.3, -0.25) is 0 Å². The molecule has 3 atom stereocenters. The molecule has 0 N–H and O–H groups in total. The van der Waals surface area contributed by atoms with E-state index in [-0.39, 0.29) is 0 Å². The third-order valence-corrected chi connectivity index (χ3v) is 5.90. The van der Waals surface area contributed by atoms with Gasteiger partial charge in [-0.05, 0) is 41.4 Å². The number of fused-ring (bicyclic) bond motifs is 1. The van der Waals surface area contributed by atoms with Crippen molar-refractivity contribution < 1.29 is 0 Å². The number of rotatable bonds is 3. The second kappa shape index (κ2) is 6.62. The zero-order valence-electron chi connectivity index (χ0n) is 15.4. The molecule has 4 rings (SSSR count). The maximum Gasteiger partial charge on any atom is 0.113 e. The summed E-state index contributed by atoms with van der Waals surface area (Å²) in [4.78, 5) is 0. The van der Waals surface area contributed by atoms with Gasteiger partial charge in [0.2, 0.25) is 0 Å². The quantitative estimate of drug-likeness (QED) is 0.612. The first-order chi connectivity index (χ1) is 12.1. The number of aromatic nitrogens is 3. The molecule has 1 saturated carbocycles. The summed E-state index contributed by atoms with van der Waals surface area (Å²) in [6.07, 6.45) is 6.01. The van der Waals surface area contributed by atoms with Gasteiger partial charge in [0.05, 0.1) is 12.2 Å². The minimum Gasteiger partial charge on any atom is -0.249 e. The molecule has 3 heteroatoms. The second-order valence-electron chi connectivity index (χ2n) is 8.00. The molecule has 0 unspecified atom stereocenters. The van der Waals surface area contributed by atoms with Crippen molar-refractivity contribution in [2.75, 3.05) is 0 Å². The summed E-state index contributed by atoms with van der Waals surface area (Å²) in [5, 5.41) is 11.6. The van der Waals surface area contributed by atoms with Crippen LogP contribution in [0.25, 0.3) is 22.0 Å². The highest BCUT2D eigenvalue weighted by Crippen LogP contribution is 2.41. The average Bonchev–Trinajstić information content (AvgIpc) is 3.10. The topological polar surface area (TPSA) is 30.7 Å². The van der Waals surface area contributed by atoms with Crippen molar-refractivity contribution in [3.63, 3.8) is 0 Å². The van der Waals surface area contributed by atoms with E-state index < -0.39 is 0 Å². The minimum atomic E-state index is 0.472. The molecule has 2 aromatic carbocycles. The van der Waals surface area contributed by atoms with Gasteiger partial charge in [0, 0.05) is 5.56 Å². The molecular weight excluding hydrogens is 306 g/mol. The number of benzene rings is 2. The van der Waals surface area contributed by atoms with Gasteiger partial charge in [0.1, 0.15) is 5.69 Å². The average molecular weight is 333 g/mol. The SMILES string of the molecule is CC(C)[C@@H]1CC[C@@H](C)C[C@H]1n1cc(-c2cccc3ccccc23)nn1. The molecule has 1 fully saturated rings. The van der Waals surface area contributed by atoms with Crippen LogP contribution in [0, 0.1) is 17.8 Å². The van der Waals surface area contributed by atoms with E-state index in [1.54, 1.807) is 0 Å². The van der Waals surface area contributed by atoms with Crippen molar-refractivity contribution in [2.45, 2.75) is 46.1 Å². The zero-order chi connectivity index (χ0) is 17.4. The van der Waals surface area contributed by atoms with Crippen molar-refractivity contribution in [3.8, 4) is 11.3 Å². The number of hydrogen-bond donors (Lipinski definition) is 0. The Labute approximate surface area is 150 Å². The van der Waals surface area contributed by atoms with Crippen LogP contribution in [-0.2, 0) is 0 Å². The molecule has 0 radical (unpaired) electrons. The maximum atomic E-state index is 4.56. The molecule has 0 aliphatic heterocycles. The van der Waals surface area contributed by atoms with Gasteiger partial charge in [0.25, 0.3) is 0 Å². The van der Waals surface area contributed by atoms with Gasteiger partial charge >= 0.3 is 0 Å². The van der Waals surface area contributed by atoms with E-state index in [4.69, 9.17) is 0 Å². The van der Waals surface area contributed by atoms with Crippen molar-refractivity contribution in [2.24, 2.45) is 17.8 Å². The van der Waals surface area contributed by atoms with Gasteiger partial charge in [-0.2, -0.15) is 0 Å². The smallest absolute Gasteiger partial charge is 0.113 e. The van der Waals surface area contributed by atoms with Crippen LogP contribution < -0.4 is 0 Å². The molecule has 0 amide bonds. The molecule has 0 bridgehead atoms. The van der Waals surface area contributed by atoms with Crippen LogP contribution in [0.5, 0.6) is 0 Å². The van der Waals surface area contributed by atoms with E-state index in [0.717, 1.165) is 11.6 Å². The first-order valence-electron chi connectivity index (χ1n) is 9.53. The van der Waals surface area contributed by atoms with E-state index in [1.165, 1.54) is 35.6 Å². The molecule has 1 heterocycles. The van der Waals surface area contributed by atoms with Crippen LogP contribution in [0.1, 0.15) is 46.1 Å². The molecular formula is C22H27N3. The fraction of sp³-hybridized carbons (Fsp3) is 0.455. The van der Waals surface area contributed by atoms with Crippen LogP contribution in [0.3, 0.4) is 0 Å². The van der Waals surface area contributed by atoms with E-state index in [0.29, 0.717) is 17.9 Å². The van der Waals surface area contributed by atoms with Crippen molar-refractivity contribution in [3.05, 3.63) is 48.7 Å².